The summed E-state index contributed by atoms with van der Waals surface area (Å²) in [5.74, 6) is -1.14. The van der Waals surface area contributed by atoms with Crippen molar-refractivity contribution >= 4 is 11.9 Å². The lowest BCUT2D eigenvalue weighted by atomic mass is 9.93. The fourth-order valence-electron chi connectivity index (χ4n) is 2.25. The molecule has 1 N–H and O–H groups in total. The van der Waals surface area contributed by atoms with Gasteiger partial charge in [0.25, 0.3) is 0 Å². The summed E-state index contributed by atoms with van der Waals surface area (Å²) in [5, 5.41) is 9.23. The average Bonchev–Trinajstić information content (AvgIpc) is 2.37. The first kappa shape index (κ1) is 12.4. The second-order valence-electron chi connectivity index (χ2n) is 4.34. The lowest BCUT2D eigenvalue weighted by Crippen LogP contribution is -2.48. The molecule has 1 aliphatic heterocycles. The second kappa shape index (κ2) is 5.04. The Hall–Kier alpha value is -2.10. The molecule has 2 rings (SSSR count). The topological polar surface area (TPSA) is 57.6 Å². The highest BCUT2D eigenvalue weighted by atomic mass is 16.4. The largest absolute Gasteiger partial charge is 0.480 e. The summed E-state index contributed by atoms with van der Waals surface area (Å²) in [5.41, 5.74) is 2.03. The van der Waals surface area contributed by atoms with E-state index in [2.05, 4.69) is 6.58 Å². The van der Waals surface area contributed by atoms with Crippen molar-refractivity contribution < 1.29 is 14.7 Å². The summed E-state index contributed by atoms with van der Waals surface area (Å²) in [4.78, 5) is 24.6. The lowest BCUT2D eigenvalue weighted by Gasteiger charge is -2.34. The van der Waals surface area contributed by atoms with Crippen molar-refractivity contribution in [1.82, 2.24) is 4.90 Å². The highest BCUT2D eigenvalue weighted by Gasteiger charge is 2.33. The molecule has 0 fully saturated rings. The Morgan fingerprint density at radius 2 is 2.06 bits per heavy atom. The number of nitrogens with zero attached hydrogens (tertiary/aromatic N) is 1. The van der Waals surface area contributed by atoms with Crippen LogP contribution in [0.4, 0.5) is 0 Å². The number of hydrogen-bond donors (Lipinski definition) is 1. The zero-order valence-corrected chi connectivity index (χ0v) is 10.0. The third-order valence-electron chi connectivity index (χ3n) is 3.17. The molecule has 1 aromatic rings. The van der Waals surface area contributed by atoms with Gasteiger partial charge < -0.3 is 10.0 Å². The minimum atomic E-state index is -0.957. The Bertz CT molecular complexity index is 496. The van der Waals surface area contributed by atoms with E-state index in [9.17, 15) is 14.7 Å². The molecule has 0 bridgehead atoms. The summed E-state index contributed by atoms with van der Waals surface area (Å²) in [6.45, 7) is 3.88. The summed E-state index contributed by atoms with van der Waals surface area (Å²) >= 11 is 0. The lowest BCUT2D eigenvalue weighted by molar-refractivity contribution is -0.151. The van der Waals surface area contributed by atoms with E-state index in [-0.39, 0.29) is 12.3 Å². The predicted molar refractivity (Wildman–Crippen MR) is 66.9 cm³/mol. The van der Waals surface area contributed by atoms with E-state index in [1.54, 1.807) is 0 Å². The monoisotopic (exact) mass is 245 g/mol. The number of fused-ring (bicyclic) bond motifs is 1. The number of benzene rings is 1. The van der Waals surface area contributed by atoms with Crippen molar-refractivity contribution in [3.63, 3.8) is 0 Å². The molecule has 0 aromatic heterocycles. The van der Waals surface area contributed by atoms with Gasteiger partial charge in [-0.15, -0.1) is 6.58 Å². The Balaban J connectivity index is 2.31. The van der Waals surface area contributed by atoms with Crippen molar-refractivity contribution in [1.29, 1.82) is 0 Å². The maximum Gasteiger partial charge on any atom is 0.326 e. The van der Waals surface area contributed by atoms with Crippen LogP contribution in [0.15, 0.2) is 36.9 Å². The number of amides is 1. The van der Waals surface area contributed by atoms with Crippen molar-refractivity contribution in [2.24, 2.45) is 0 Å². The number of rotatable bonds is 3. The van der Waals surface area contributed by atoms with Gasteiger partial charge in [-0.25, -0.2) is 4.79 Å². The molecule has 18 heavy (non-hydrogen) atoms. The van der Waals surface area contributed by atoms with Gasteiger partial charge in [0.1, 0.15) is 6.04 Å². The SMILES string of the molecule is C=CCC(=O)N1Cc2ccccc2CC1C(=O)O. The Morgan fingerprint density at radius 1 is 1.39 bits per heavy atom. The zero-order chi connectivity index (χ0) is 13.1. The molecule has 1 aliphatic rings. The van der Waals surface area contributed by atoms with Crippen LogP contribution in [0.5, 0.6) is 0 Å². The first-order valence-electron chi connectivity index (χ1n) is 5.83. The van der Waals surface area contributed by atoms with Crippen LogP contribution >= 0.6 is 0 Å². The standard InChI is InChI=1S/C14H15NO3/c1-2-5-13(16)15-9-11-7-4-3-6-10(11)8-12(15)14(17)18/h2-4,6-7,12H,1,5,8-9H2,(H,17,18). The molecule has 0 radical (unpaired) electrons. The summed E-state index contributed by atoms with van der Waals surface area (Å²) in [7, 11) is 0. The van der Waals surface area contributed by atoms with Crippen LogP contribution in [0.25, 0.3) is 0 Å². The Kier molecular flexibility index (Phi) is 3.46. The minimum Gasteiger partial charge on any atom is -0.480 e. The quantitative estimate of drug-likeness (QED) is 0.823. The maximum atomic E-state index is 11.9. The molecule has 1 aromatic carbocycles. The van der Waals surface area contributed by atoms with Crippen LogP contribution < -0.4 is 0 Å². The van der Waals surface area contributed by atoms with E-state index < -0.39 is 12.0 Å². The van der Waals surface area contributed by atoms with Crippen LogP contribution in [-0.2, 0) is 22.6 Å². The molecule has 1 atom stereocenters. The van der Waals surface area contributed by atoms with Gasteiger partial charge in [-0.3, -0.25) is 4.79 Å². The van der Waals surface area contributed by atoms with Crippen LogP contribution in [-0.4, -0.2) is 27.9 Å². The average molecular weight is 245 g/mol. The van der Waals surface area contributed by atoms with Crippen LogP contribution in [0, 0.1) is 0 Å². The van der Waals surface area contributed by atoms with Crippen LogP contribution in [0.3, 0.4) is 0 Å². The van der Waals surface area contributed by atoms with Crippen LogP contribution in [0.2, 0.25) is 0 Å². The van der Waals surface area contributed by atoms with Gasteiger partial charge in [0.15, 0.2) is 0 Å². The van der Waals surface area contributed by atoms with Crippen molar-refractivity contribution in [3.05, 3.63) is 48.0 Å². The number of carboxylic acids is 1. The van der Waals surface area contributed by atoms with E-state index in [1.807, 2.05) is 24.3 Å². The molecule has 4 nitrogen and oxygen atoms in total. The third kappa shape index (κ3) is 2.27. The molecular formula is C14H15NO3. The molecule has 0 spiro atoms. The zero-order valence-electron chi connectivity index (χ0n) is 10.0. The highest BCUT2D eigenvalue weighted by molar-refractivity contribution is 5.85. The molecular weight excluding hydrogens is 230 g/mol. The van der Waals surface area contributed by atoms with Gasteiger partial charge in [-0.2, -0.15) is 0 Å². The molecule has 1 amide bonds. The van der Waals surface area contributed by atoms with Gasteiger partial charge in [0.2, 0.25) is 5.91 Å². The molecule has 1 unspecified atom stereocenters. The predicted octanol–water partition coefficient (Wildman–Crippen LogP) is 1.60. The molecule has 94 valence electrons. The Morgan fingerprint density at radius 3 is 2.67 bits per heavy atom. The van der Waals surface area contributed by atoms with Crippen molar-refractivity contribution in [2.75, 3.05) is 0 Å². The fraction of sp³-hybridized carbons (Fsp3) is 0.286. The Labute approximate surface area is 106 Å². The van der Waals surface area contributed by atoms with Crippen LogP contribution in [0.1, 0.15) is 17.5 Å². The van der Waals surface area contributed by atoms with Gasteiger partial charge in [0.05, 0.1) is 0 Å². The van der Waals surface area contributed by atoms with E-state index in [0.717, 1.165) is 11.1 Å². The van der Waals surface area contributed by atoms with E-state index >= 15 is 0 Å². The van der Waals surface area contributed by atoms with Gasteiger partial charge in [-0.05, 0) is 11.1 Å². The summed E-state index contributed by atoms with van der Waals surface area (Å²) in [6.07, 6.45) is 2.04. The van der Waals surface area contributed by atoms with E-state index in [1.165, 1.54) is 11.0 Å². The minimum absolute atomic E-state index is 0.173. The van der Waals surface area contributed by atoms with E-state index in [0.29, 0.717) is 13.0 Å². The number of carboxylic acid groups (broad SMARTS) is 1. The maximum absolute atomic E-state index is 11.9. The second-order valence-corrected chi connectivity index (χ2v) is 4.34. The molecule has 4 heteroatoms. The summed E-state index contributed by atoms with van der Waals surface area (Å²) in [6, 6.07) is 6.87. The molecule has 0 saturated carbocycles. The molecule has 0 aliphatic carbocycles. The van der Waals surface area contributed by atoms with Gasteiger partial charge in [-0.1, -0.05) is 30.3 Å². The fourth-order valence-corrected chi connectivity index (χ4v) is 2.25. The number of hydrogen-bond acceptors (Lipinski definition) is 2. The molecule has 0 saturated heterocycles. The van der Waals surface area contributed by atoms with Gasteiger partial charge in [0, 0.05) is 19.4 Å². The first-order chi connectivity index (χ1) is 8.63. The third-order valence-corrected chi connectivity index (χ3v) is 3.17. The normalized spacial score (nSPS) is 18.0. The van der Waals surface area contributed by atoms with Crippen molar-refractivity contribution in [2.45, 2.75) is 25.4 Å². The smallest absolute Gasteiger partial charge is 0.326 e. The first-order valence-corrected chi connectivity index (χ1v) is 5.83. The number of carbonyl (C=O) groups excluding carboxylic acids is 1. The van der Waals surface area contributed by atoms with Crippen molar-refractivity contribution in [3.8, 4) is 0 Å². The van der Waals surface area contributed by atoms with E-state index in [4.69, 9.17) is 0 Å². The van der Waals surface area contributed by atoms with Gasteiger partial charge >= 0.3 is 5.97 Å². The molecule has 1 heterocycles. The number of carbonyl (C=O) groups is 2. The number of aliphatic carboxylic acids is 1. The highest BCUT2D eigenvalue weighted by Crippen LogP contribution is 2.24. The summed E-state index contributed by atoms with van der Waals surface area (Å²) < 4.78 is 0.